The molecule has 0 radical (unpaired) electrons. The van der Waals surface area contributed by atoms with Crippen LogP contribution in [0, 0.1) is 6.92 Å². The molecule has 0 unspecified atom stereocenters. The number of anilines is 1. The summed E-state index contributed by atoms with van der Waals surface area (Å²) in [6.07, 6.45) is 1.36. The van der Waals surface area contributed by atoms with E-state index in [0.717, 1.165) is 0 Å². The molecule has 0 aliphatic carbocycles. The third-order valence-corrected chi connectivity index (χ3v) is 3.49. The zero-order valence-corrected chi connectivity index (χ0v) is 8.59. The third kappa shape index (κ3) is 1.14. The zero-order chi connectivity index (χ0) is 9.60. The lowest BCUT2D eigenvalue weighted by molar-refractivity contribution is 0.159. The molecule has 2 fully saturated rings. The molecule has 0 bridgehead atoms. The zero-order valence-electron chi connectivity index (χ0n) is 8.59. The van der Waals surface area contributed by atoms with Crippen molar-refractivity contribution in [3.05, 3.63) is 29.8 Å². The average molecular weight is 188 g/mol. The first kappa shape index (κ1) is 8.30. The third-order valence-electron chi connectivity index (χ3n) is 3.49. The molecule has 1 aromatic carbocycles. The summed E-state index contributed by atoms with van der Waals surface area (Å²) in [4.78, 5) is 2.45. The van der Waals surface area contributed by atoms with Gasteiger partial charge in [-0.1, -0.05) is 17.7 Å². The summed E-state index contributed by atoms with van der Waals surface area (Å²) in [6.45, 7) is 5.72. The molecule has 2 aliphatic heterocycles. The molecule has 1 spiro atoms. The largest absolute Gasteiger partial charge is 0.368 e. The number of aryl methyl sites for hydroxylation is 1. The summed E-state index contributed by atoms with van der Waals surface area (Å²) in [5.74, 6) is 0. The van der Waals surface area contributed by atoms with E-state index in [-0.39, 0.29) is 0 Å². The van der Waals surface area contributed by atoms with Crippen molar-refractivity contribution < 1.29 is 0 Å². The Morgan fingerprint density at radius 3 is 2.36 bits per heavy atom. The van der Waals surface area contributed by atoms with E-state index in [1.807, 2.05) is 0 Å². The highest BCUT2D eigenvalue weighted by Gasteiger charge is 2.47. The lowest BCUT2D eigenvalue weighted by atomic mass is 9.80. The lowest BCUT2D eigenvalue weighted by Gasteiger charge is -2.57. The molecule has 74 valence electrons. The number of rotatable bonds is 1. The van der Waals surface area contributed by atoms with Crippen LogP contribution in [0.15, 0.2) is 24.3 Å². The van der Waals surface area contributed by atoms with E-state index in [1.54, 1.807) is 0 Å². The maximum atomic E-state index is 3.53. The van der Waals surface area contributed by atoms with Crippen LogP contribution in [0.1, 0.15) is 12.0 Å². The fourth-order valence-electron chi connectivity index (χ4n) is 2.37. The first-order valence-corrected chi connectivity index (χ1v) is 5.34. The van der Waals surface area contributed by atoms with E-state index in [2.05, 4.69) is 41.4 Å². The average Bonchev–Trinajstić information content (AvgIpc) is 2.03. The SMILES string of the molecule is Cc1ccc(N2CC3(CCN3)C2)cc1. The molecule has 2 saturated heterocycles. The predicted octanol–water partition coefficient (Wildman–Crippen LogP) is 1.55. The molecular formula is C12H16N2. The van der Waals surface area contributed by atoms with Crippen LogP contribution in [0.2, 0.25) is 0 Å². The lowest BCUT2D eigenvalue weighted by Crippen LogP contribution is -2.75. The van der Waals surface area contributed by atoms with Crippen LogP contribution in [0.4, 0.5) is 5.69 Å². The number of nitrogens with one attached hydrogen (secondary N) is 1. The molecule has 2 heterocycles. The van der Waals surface area contributed by atoms with Gasteiger partial charge in [0.15, 0.2) is 0 Å². The molecule has 2 aliphatic rings. The number of nitrogens with zero attached hydrogens (tertiary/aromatic N) is 1. The van der Waals surface area contributed by atoms with E-state index in [9.17, 15) is 0 Å². The van der Waals surface area contributed by atoms with Gasteiger partial charge in [0, 0.05) is 18.8 Å². The molecule has 1 aromatic rings. The summed E-state index contributed by atoms with van der Waals surface area (Å²) in [5.41, 5.74) is 3.20. The smallest absolute Gasteiger partial charge is 0.0547 e. The normalized spacial score (nSPS) is 23.1. The quantitative estimate of drug-likeness (QED) is 0.719. The standard InChI is InChI=1S/C12H16N2/c1-10-2-4-11(5-3-10)14-8-12(9-14)6-7-13-12/h2-5,13H,6-9H2,1H3. The van der Waals surface area contributed by atoms with Crippen LogP contribution in [-0.4, -0.2) is 25.2 Å². The van der Waals surface area contributed by atoms with Crippen LogP contribution in [0.5, 0.6) is 0 Å². The highest BCUT2D eigenvalue weighted by molar-refractivity contribution is 5.52. The first-order valence-electron chi connectivity index (χ1n) is 5.34. The van der Waals surface area contributed by atoms with Crippen molar-refractivity contribution in [3.8, 4) is 0 Å². The highest BCUT2D eigenvalue weighted by atomic mass is 15.3. The Kier molecular flexibility index (Phi) is 1.62. The molecule has 0 atom stereocenters. The summed E-state index contributed by atoms with van der Waals surface area (Å²) in [6, 6.07) is 8.82. The van der Waals surface area contributed by atoms with Gasteiger partial charge in [-0.05, 0) is 32.0 Å². The van der Waals surface area contributed by atoms with E-state index in [1.165, 1.54) is 37.3 Å². The number of hydrogen-bond donors (Lipinski definition) is 1. The second kappa shape index (κ2) is 2.74. The minimum Gasteiger partial charge on any atom is -0.368 e. The summed E-state index contributed by atoms with van der Waals surface area (Å²) in [7, 11) is 0. The maximum absolute atomic E-state index is 3.53. The van der Waals surface area contributed by atoms with Crippen molar-refractivity contribution >= 4 is 5.69 Å². The molecular weight excluding hydrogens is 172 g/mol. The topological polar surface area (TPSA) is 15.3 Å². The van der Waals surface area contributed by atoms with Crippen molar-refractivity contribution in [1.29, 1.82) is 0 Å². The minimum atomic E-state index is 0.491. The summed E-state index contributed by atoms with van der Waals surface area (Å²) >= 11 is 0. The second-order valence-electron chi connectivity index (χ2n) is 4.65. The number of benzene rings is 1. The van der Waals surface area contributed by atoms with Crippen molar-refractivity contribution in [2.45, 2.75) is 18.9 Å². The van der Waals surface area contributed by atoms with E-state index < -0.39 is 0 Å². The van der Waals surface area contributed by atoms with Crippen LogP contribution in [0.25, 0.3) is 0 Å². The Morgan fingerprint density at radius 1 is 1.21 bits per heavy atom. The molecule has 2 heteroatoms. The second-order valence-corrected chi connectivity index (χ2v) is 4.65. The van der Waals surface area contributed by atoms with E-state index >= 15 is 0 Å². The Bertz CT molecular complexity index is 330. The monoisotopic (exact) mass is 188 g/mol. The summed E-state index contributed by atoms with van der Waals surface area (Å²) < 4.78 is 0. The molecule has 0 amide bonds. The maximum Gasteiger partial charge on any atom is 0.0547 e. The summed E-state index contributed by atoms with van der Waals surface area (Å²) in [5, 5.41) is 3.53. The highest BCUT2D eigenvalue weighted by Crippen LogP contribution is 2.33. The first-order chi connectivity index (χ1) is 6.77. The van der Waals surface area contributed by atoms with Crippen LogP contribution >= 0.6 is 0 Å². The van der Waals surface area contributed by atoms with Gasteiger partial charge in [0.25, 0.3) is 0 Å². The minimum absolute atomic E-state index is 0.491. The van der Waals surface area contributed by atoms with Gasteiger partial charge in [-0.3, -0.25) is 0 Å². The Balaban J connectivity index is 1.70. The van der Waals surface area contributed by atoms with Crippen LogP contribution < -0.4 is 10.2 Å². The van der Waals surface area contributed by atoms with E-state index in [0.29, 0.717) is 5.54 Å². The molecule has 2 nitrogen and oxygen atoms in total. The molecule has 0 saturated carbocycles. The van der Waals surface area contributed by atoms with Gasteiger partial charge in [-0.25, -0.2) is 0 Å². The molecule has 1 N–H and O–H groups in total. The molecule has 3 rings (SSSR count). The van der Waals surface area contributed by atoms with Gasteiger partial charge in [0.1, 0.15) is 0 Å². The van der Waals surface area contributed by atoms with Gasteiger partial charge in [-0.2, -0.15) is 0 Å². The van der Waals surface area contributed by atoms with Crippen molar-refractivity contribution in [2.75, 3.05) is 24.5 Å². The Morgan fingerprint density at radius 2 is 1.86 bits per heavy atom. The van der Waals surface area contributed by atoms with Gasteiger partial charge in [0.2, 0.25) is 0 Å². The fourth-order valence-corrected chi connectivity index (χ4v) is 2.37. The van der Waals surface area contributed by atoms with Crippen molar-refractivity contribution in [2.24, 2.45) is 0 Å². The van der Waals surface area contributed by atoms with Gasteiger partial charge >= 0.3 is 0 Å². The Labute approximate surface area is 84.9 Å². The molecule has 0 aromatic heterocycles. The van der Waals surface area contributed by atoms with Crippen LogP contribution in [-0.2, 0) is 0 Å². The van der Waals surface area contributed by atoms with Crippen LogP contribution in [0.3, 0.4) is 0 Å². The fraction of sp³-hybridized carbons (Fsp3) is 0.500. The van der Waals surface area contributed by atoms with Crippen molar-refractivity contribution in [3.63, 3.8) is 0 Å². The van der Waals surface area contributed by atoms with Gasteiger partial charge < -0.3 is 10.2 Å². The van der Waals surface area contributed by atoms with Gasteiger partial charge in [0.05, 0.1) is 5.54 Å². The molecule has 14 heavy (non-hydrogen) atoms. The number of hydrogen-bond acceptors (Lipinski definition) is 2. The van der Waals surface area contributed by atoms with E-state index in [4.69, 9.17) is 0 Å². The van der Waals surface area contributed by atoms with Crippen molar-refractivity contribution in [1.82, 2.24) is 5.32 Å². The predicted molar refractivity (Wildman–Crippen MR) is 58.7 cm³/mol. The van der Waals surface area contributed by atoms with Gasteiger partial charge in [-0.15, -0.1) is 0 Å². The Hall–Kier alpha value is -1.02.